The second-order valence-corrected chi connectivity index (χ2v) is 4.21. The molecule has 1 rings (SSSR count). The van der Waals surface area contributed by atoms with Crippen molar-refractivity contribution in [3.8, 4) is 0 Å². The van der Waals surface area contributed by atoms with E-state index >= 15 is 0 Å². The van der Waals surface area contributed by atoms with Crippen molar-refractivity contribution in [2.24, 2.45) is 0 Å². The molecule has 0 aromatic heterocycles. The molecule has 12 heavy (non-hydrogen) atoms. The number of hydrogen-bond donors (Lipinski definition) is 1. The molecular weight excluding hydrogens is 200 g/mol. The van der Waals surface area contributed by atoms with Crippen LogP contribution >= 0.6 is 11.6 Å². The monoisotopic (exact) mass is 206 g/mol. The summed E-state index contributed by atoms with van der Waals surface area (Å²) < 4.78 is 29.9. The molecule has 1 N–H and O–H groups in total. The Hall–Kier alpha value is -0.580. The Balaban J connectivity index is 3.33. The Morgan fingerprint density at radius 2 is 2.00 bits per heavy atom. The van der Waals surface area contributed by atoms with E-state index in [1.807, 2.05) is 0 Å². The average molecular weight is 207 g/mol. The highest BCUT2D eigenvalue weighted by Gasteiger charge is 2.09. The van der Waals surface area contributed by atoms with E-state index in [-0.39, 0.29) is 4.90 Å². The lowest BCUT2D eigenvalue weighted by atomic mass is 10.2. The molecule has 0 heterocycles. The molecule has 0 aliphatic carbocycles. The Morgan fingerprint density at radius 1 is 1.42 bits per heavy atom. The van der Waals surface area contributed by atoms with Gasteiger partial charge in [-0.2, -0.15) is 8.42 Å². The number of benzene rings is 1. The highest BCUT2D eigenvalue weighted by Crippen LogP contribution is 2.18. The summed E-state index contributed by atoms with van der Waals surface area (Å²) in [6.07, 6.45) is 0. The maximum absolute atomic E-state index is 10.6. The van der Waals surface area contributed by atoms with Crippen LogP contribution in [0.2, 0.25) is 5.02 Å². The molecule has 0 saturated heterocycles. The zero-order valence-electron chi connectivity index (χ0n) is 6.28. The van der Waals surface area contributed by atoms with Gasteiger partial charge in [0.2, 0.25) is 0 Å². The molecule has 66 valence electrons. The van der Waals surface area contributed by atoms with Crippen LogP contribution in [0.4, 0.5) is 0 Å². The van der Waals surface area contributed by atoms with Gasteiger partial charge < -0.3 is 0 Å². The van der Waals surface area contributed by atoms with Gasteiger partial charge in [-0.25, -0.2) is 0 Å². The maximum Gasteiger partial charge on any atom is 0.294 e. The standard InChI is InChI=1S/C7H7ClO3S/c1-5-4-6(12(9,10)11)2-3-7(5)8/h2-4H,1H3,(H,9,10,11). The molecule has 0 bridgehead atoms. The molecule has 0 radical (unpaired) electrons. The highest BCUT2D eigenvalue weighted by atomic mass is 35.5. The molecule has 5 heteroatoms. The molecule has 0 unspecified atom stereocenters. The van der Waals surface area contributed by atoms with Crippen LogP contribution in [0.25, 0.3) is 0 Å². The van der Waals surface area contributed by atoms with Gasteiger partial charge in [0, 0.05) is 5.02 Å². The molecule has 1 aromatic rings. The van der Waals surface area contributed by atoms with Crippen LogP contribution in [0.1, 0.15) is 5.56 Å². The van der Waals surface area contributed by atoms with Crippen LogP contribution in [0.5, 0.6) is 0 Å². The van der Waals surface area contributed by atoms with E-state index in [1.165, 1.54) is 18.2 Å². The Bertz CT molecular complexity index is 397. The summed E-state index contributed by atoms with van der Waals surface area (Å²) in [6, 6.07) is 4.00. The average Bonchev–Trinajstić information content (AvgIpc) is 1.92. The van der Waals surface area contributed by atoms with Crippen LogP contribution in [-0.4, -0.2) is 13.0 Å². The van der Waals surface area contributed by atoms with Gasteiger partial charge in [-0.3, -0.25) is 4.55 Å². The largest absolute Gasteiger partial charge is 0.294 e. The van der Waals surface area contributed by atoms with Gasteiger partial charge in [0.05, 0.1) is 4.90 Å². The number of rotatable bonds is 1. The van der Waals surface area contributed by atoms with Crippen molar-refractivity contribution in [2.75, 3.05) is 0 Å². The lowest BCUT2D eigenvalue weighted by molar-refractivity contribution is 0.483. The van der Waals surface area contributed by atoms with E-state index in [4.69, 9.17) is 16.2 Å². The molecule has 0 atom stereocenters. The summed E-state index contributed by atoms with van der Waals surface area (Å²) in [7, 11) is -4.10. The van der Waals surface area contributed by atoms with Crippen LogP contribution < -0.4 is 0 Å². The van der Waals surface area contributed by atoms with Gasteiger partial charge in [0.15, 0.2) is 0 Å². The summed E-state index contributed by atoms with van der Waals surface area (Å²) in [4.78, 5) is -0.135. The second kappa shape index (κ2) is 3.05. The lowest BCUT2D eigenvalue weighted by Gasteiger charge is -1.99. The van der Waals surface area contributed by atoms with E-state index in [0.29, 0.717) is 10.6 Å². The van der Waals surface area contributed by atoms with Crippen molar-refractivity contribution in [3.05, 3.63) is 28.8 Å². The summed E-state index contributed by atoms with van der Waals surface area (Å²) >= 11 is 5.65. The zero-order valence-corrected chi connectivity index (χ0v) is 7.85. The third kappa shape index (κ3) is 1.97. The molecule has 0 fully saturated rings. The van der Waals surface area contributed by atoms with Gasteiger partial charge >= 0.3 is 0 Å². The van der Waals surface area contributed by atoms with Crippen molar-refractivity contribution in [2.45, 2.75) is 11.8 Å². The van der Waals surface area contributed by atoms with Gasteiger partial charge in [-0.1, -0.05) is 11.6 Å². The van der Waals surface area contributed by atoms with E-state index in [2.05, 4.69) is 0 Å². The summed E-state index contributed by atoms with van der Waals surface area (Å²) in [5.74, 6) is 0. The number of aryl methyl sites for hydroxylation is 1. The van der Waals surface area contributed by atoms with E-state index in [9.17, 15) is 8.42 Å². The van der Waals surface area contributed by atoms with Gasteiger partial charge in [0.1, 0.15) is 0 Å². The van der Waals surface area contributed by atoms with Crippen molar-refractivity contribution >= 4 is 21.7 Å². The maximum atomic E-state index is 10.6. The molecule has 0 saturated carbocycles. The lowest BCUT2D eigenvalue weighted by Crippen LogP contribution is -1.97. The van der Waals surface area contributed by atoms with E-state index < -0.39 is 10.1 Å². The summed E-state index contributed by atoms with van der Waals surface area (Å²) in [5.41, 5.74) is 0.617. The third-order valence-corrected chi connectivity index (χ3v) is 2.70. The normalized spacial score (nSPS) is 11.6. The van der Waals surface area contributed by atoms with Crippen molar-refractivity contribution in [1.29, 1.82) is 0 Å². The SMILES string of the molecule is Cc1cc(S(=O)(=O)O)ccc1Cl. The van der Waals surface area contributed by atoms with E-state index in [1.54, 1.807) is 6.92 Å². The molecule has 0 aliphatic rings. The Labute approximate surface area is 75.7 Å². The smallest absolute Gasteiger partial charge is 0.282 e. The predicted molar refractivity (Wildman–Crippen MR) is 46.0 cm³/mol. The third-order valence-electron chi connectivity index (χ3n) is 1.43. The second-order valence-electron chi connectivity index (χ2n) is 2.39. The quantitative estimate of drug-likeness (QED) is 0.714. The summed E-state index contributed by atoms with van der Waals surface area (Å²) in [5, 5.41) is 0.474. The molecule has 0 aliphatic heterocycles. The van der Waals surface area contributed by atoms with Crippen LogP contribution in [0.15, 0.2) is 23.1 Å². The topological polar surface area (TPSA) is 54.4 Å². The van der Waals surface area contributed by atoms with Gasteiger partial charge in [0.25, 0.3) is 10.1 Å². The molecule has 0 amide bonds. The van der Waals surface area contributed by atoms with Crippen molar-refractivity contribution in [3.63, 3.8) is 0 Å². The highest BCUT2D eigenvalue weighted by molar-refractivity contribution is 7.85. The van der Waals surface area contributed by atoms with Crippen molar-refractivity contribution < 1.29 is 13.0 Å². The van der Waals surface area contributed by atoms with Crippen LogP contribution in [0, 0.1) is 6.92 Å². The molecule has 3 nitrogen and oxygen atoms in total. The first-order valence-electron chi connectivity index (χ1n) is 3.15. The fourth-order valence-corrected chi connectivity index (χ4v) is 1.46. The first kappa shape index (κ1) is 9.51. The molecule has 1 aromatic carbocycles. The minimum Gasteiger partial charge on any atom is -0.282 e. The van der Waals surface area contributed by atoms with Crippen molar-refractivity contribution in [1.82, 2.24) is 0 Å². The Kier molecular flexibility index (Phi) is 2.41. The van der Waals surface area contributed by atoms with Crippen LogP contribution in [-0.2, 0) is 10.1 Å². The minimum absolute atomic E-state index is 0.135. The molecule has 0 spiro atoms. The fraction of sp³-hybridized carbons (Fsp3) is 0.143. The number of halogens is 1. The summed E-state index contributed by atoms with van der Waals surface area (Å²) in [6.45, 7) is 1.66. The first-order valence-corrected chi connectivity index (χ1v) is 4.97. The fourth-order valence-electron chi connectivity index (χ4n) is 0.778. The minimum atomic E-state index is -4.10. The Morgan fingerprint density at radius 3 is 2.42 bits per heavy atom. The van der Waals surface area contributed by atoms with Crippen LogP contribution in [0.3, 0.4) is 0 Å². The molecular formula is C7H7ClO3S. The van der Waals surface area contributed by atoms with E-state index in [0.717, 1.165) is 0 Å². The zero-order chi connectivity index (χ0) is 9.35. The van der Waals surface area contributed by atoms with Gasteiger partial charge in [-0.15, -0.1) is 0 Å². The number of hydrogen-bond acceptors (Lipinski definition) is 2. The first-order chi connectivity index (χ1) is 5.41. The predicted octanol–water partition coefficient (Wildman–Crippen LogP) is 1.90. The van der Waals surface area contributed by atoms with Gasteiger partial charge in [-0.05, 0) is 30.7 Å².